The second kappa shape index (κ2) is 8.99. The fourth-order valence-corrected chi connectivity index (χ4v) is 4.27. The smallest absolute Gasteiger partial charge is 0.0938 e. The number of azo groups is 1. The SMILES string of the molecule is Cc1cc(N=Nc2ccc(C(c3ccccc3)c3ccccc3)cc2)c2cccccc1-2. The van der Waals surface area contributed by atoms with Crippen LogP contribution in [-0.4, -0.2) is 0 Å². The first-order valence-electron chi connectivity index (χ1n) is 10.9. The van der Waals surface area contributed by atoms with E-state index in [0.717, 1.165) is 16.9 Å². The van der Waals surface area contributed by atoms with Gasteiger partial charge >= 0.3 is 0 Å². The lowest BCUT2D eigenvalue weighted by molar-refractivity contribution is 0.977. The van der Waals surface area contributed by atoms with Crippen molar-refractivity contribution in [2.45, 2.75) is 12.8 Å². The molecule has 0 aromatic heterocycles. The van der Waals surface area contributed by atoms with Crippen molar-refractivity contribution in [3.05, 3.63) is 144 Å². The van der Waals surface area contributed by atoms with Crippen LogP contribution in [0.15, 0.2) is 132 Å². The summed E-state index contributed by atoms with van der Waals surface area (Å²) in [4.78, 5) is 0. The highest BCUT2D eigenvalue weighted by Gasteiger charge is 2.16. The molecule has 0 spiro atoms. The van der Waals surface area contributed by atoms with E-state index < -0.39 is 0 Å². The lowest BCUT2D eigenvalue weighted by atomic mass is 9.85. The van der Waals surface area contributed by atoms with Crippen molar-refractivity contribution in [1.82, 2.24) is 0 Å². The fraction of sp³-hybridized carbons (Fsp3) is 0.0667. The number of hydrogen-bond acceptors (Lipinski definition) is 2. The Morgan fingerprint density at radius 1 is 0.500 bits per heavy atom. The largest absolute Gasteiger partial charge is 0.151 e. The summed E-state index contributed by atoms with van der Waals surface area (Å²) in [6.07, 6.45) is 0. The van der Waals surface area contributed by atoms with Gasteiger partial charge < -0.3 is 0 Å². The number of aryl methyl sites for hydroxylation is 1. The zero-order valence-corrected chi connectivity index (χ0v) is 18.0. The summed E-state index contributed by atoms with van der Waals surface area (Å²) >= 11 is 0. The Bertz CT molecular complexity index is 1270. The van der Waals surface area contributed by atoms with Crippen LogP contribution in [0.25, 0.3) is 11.1 Å². The first-order chi connectivity index (χ1) is 15.8. The summed E-state index contributed by atoms with van der Waals surface area (Å²) in [5, 5.41) is 9.10. The van der Waals surface area contributed by atoms with E-state index in [0.29, 0.717) is 0 Å². The maximum Gasteiger partial charge on any atom is 0.0938 e. The van der Waals surface area contributed by atoms with Gasteiger partial charge in [-0.25, -0.2) is 0 Å². The number of nitrogens with zero attached hydrogens (tertiary/aromatic N) is 2. The van der Waals surface area contributed by atoms with E-state index in [-0.39, 0.29) is 5.92 Å². The molecule has 0 amide bonds. The molecule has 0 unspecified atom stereocenters. The molecule has 0 heterocycles. The summed E-state index contributed by atoms with van der Waals surface area (Å²) in [5.74, 6) is 0.185. The van der Waals surface area contributed by atoms with E-state index in [4.69, 9.17) is 0 Å². The van der Waals surface area contributed by atoms with Crippen molar-refractivity contribution in [3.63, 3.8) is 0 Å². The van der Waals surface area contributed by atoms with Crippen LogP contribution in [0.3, 0.4) is 0 Å². The number of benzene rings is 3. The highest BCUT2D eigenvalue weighted by atomic mass is 15.1. The van der Waals surface area contributed by atoms with Crippen LogP contribution in [0.4, 0.5) is 11.4 Å². The van der Waals surface area contributed by atoms with Crippen molar-refractivity contribution < 1.29 is 0 Å². The lowest BCUT2D eigenvalue weighted by Gasteiger charge is -2.19. The third-order valence-corrected chi connectivity index (χ3v) is 5.86. The lowest BCUT2D eigenvalue weighted by Crippen LogP contribution is -2.02. The third-order valence-electron chi connectivity index (χ3n) is 5.86. The standard InChI is InChI=1S/C30H24N2/c1-22-21-29(28-16-10-4-9-15-27(22)28)32-31-26-19-17-25(18-20-26)30(23-11-5-2-6-12-23)24-13-7-3-8-14-24/h2-21,30H,1H3. The zero-order chi connectivity index (χ0) is 21.8. The predicted octanol–water partition coefficient (Wildman–Crippen LogP) is 8.70. The molecule has 5 rings (SSSR count). The summed E-state index contributed by atoms with van der Waals surface area (Å²) in [6, 6.07) is 42.2. The minimum absolute atomic E-state index is 0.185. The van der Waals surface area contributed by atoms with Crippen molar-refractivity contribution in [2.24, 2.45) is 10.2 Å². The molecule has 2 nitrogen and oxygen atoms in total. The van der Waals surface area contributed by atoms with E-state index in [2.05, 4.69) is 126 Å². The van der Waals surface area contributed by atoms with Crippen LogP contribution >= 0.6 is 0 Å². The van der Waals surface area contributed by atoms with Gasteiger partial charge in [-0.3, -0.25) is 0 Å². The predicted molar refractivity (Wildman–Crippen MR) is 132 cm³/mol. The van der Waals surface area contributed by atoms with Gasteiger partial charge in [0.1, 0.15) is 0 Å². The molecule has 0 N–H and O–H groups in total. The van der Waals surface area contributed by atoms with Gasteiger partial charge in [0, 0.05) is 11.5 Å². The topological polar surface area (TPSA) is 24.7 Å². The summed E-state index contributed by atoms with van der Waals surface area (Å²) in [7, 11) is 0. The van der Waals surface area contributed by atoms with E-state index in [1.807, 2.05) is 12.1 Å². The van der Waals surface area contributed by atoms with Crippen molar-refractivity contribution >= 4 is 11.4 Å². The Hall–Kier alpha value is -4.04. The maximum absolute atomic E-state index is 4.57. The second-order valence-electron chi connectivity index (χ2n) is 8.00. The number of rotatable bonds is 5. The van der Waals surface area contributed by atoms with Crippen molar-refractivity contribution in [3.8, 4) is 11.1 Å². The van der Waals surface area contributed by atoms with E-state index in [1.165, 1.54) is 27.8 Å². The minimum atomic E-state index is 0.185. The van der Waals surface area contributed by atoms with Gasteiger partial charge in [-0.2, -0.15) is 5.11 Å². The monoisotopic (exact) mass is 412 g/mol. The summed E-state index contributed by atoms with van der Waals surface area (Å²) < 4.78 is 0. The number of hydrogen-bond donors (Lipinski definition) is 0. The summed E-state index contributed by atoms with van der Waals surface area (Å²) in [5.41, 5.74) is 9.11. The van der Waals surface area contributed by atoms with Crippen LogP contribution < -0.4 is 0 Å². The maximum atomic E-state index is 4.57. The molecule has 0 fully saturated rings. The highest BCUT2D eigenvalue weighted by Crippen LogP contribution is 2.38. The molecule has 2 aliphatic carbocycles. The molecule has 0 saturated heterocycles. The van der Waals surface area contributed by atoms with Crippen molar-refractivity contribution in [2.75, 3.05) is 0 Å². The molecule has 3 aromatic carbocycles. The zero-order valence-electron chi connectivity index (χ0n) is 18.0. The average Bonchev–Trinajstić information content (AvgIpc) is 3.00. The highest BCUT2D eigenvalue weighted by molar-refractivity contribution is 5.82. The molecule has 2 heteroatoms. The Balaban J connectivity index is 1.45. The normalized spacial score (nSPS) is 11.4. The molecule has 0 radical (unpaired) electrons. The van der Waals surface area contributed by atoms with Crippen molar-refractivity contribution in [1.29, 1.82) is 0 Å². The number of fused-ring (bicyclic) bond motifs is 1. The fourth-order valence-electron chi connectivity index (χ4n) is 4.27. The first kappa shape index (κ1) is 19.9. The first-order valence-corrected chi connectivity index (χ1v) is 10.9. The third kappa shape index (κ3) is 4.08. The average molecular weight is 413 g/mol. The van der Waals surface area contributed by atoms with Gasteiger partial charge in [0.25, 0.3) is 0 Å². The molecular weight excluding hydrogens is 388 g/mol. The summed E-state index contributed by atoms with van der Waals surface area (Å²) in [6.45, 7) is 2.11. The second-order valence-corrected chi connectivity index (χ2v) is 8.00. The van der Waals surface area contributed by atoms with Gasteiger partial charge in [-0.05, 0) is 52.9 Å². The molecular formula is C30H24N2. The van der Waals surface area contributed by atoms with Gasteiger partial charge in [0.15, 0.2) is 0 Å². The molecule has 0 aliphatic heterocycles. The Labute approximate surface area is 189 Å². The molecule has 0 atom stereocenters. The van der Waals surface area contributed by atoms with Gasteiger partial charge in [0.2, 0.25) is 0 Å². The van der Waals surface area contributed by atoms with Crippen LogP contribution in [0.2, 0.25) is 0 Å². The van der Waals surface area contributed by atoms with Gasteiger partial charge in [-0.15, -0.1) is 5.11 Å². The Morgan fingerprint density at radius 2 is 1.00 bits per heavy atom. The minimum Gasteiger partial charge on any atom is -0.151 e. The van der Waals surface area contributed by atoms with E-state index in [1.54, 1.807) is 0 Å². The Morgan fingerprint density at radius 3 is 1.59 bits per heavy atom. The Kier molecular flexibility index (Phi) is 5.59. The van der Waals surface area contributed by atoms with Gasteiger partial charge in [0.05, 0.1) is 11.4 Å². The van der Waals surface area contributed by atoms with Crippen LogP contribution in [-0.2, 0) is 0 Å². The van der Waals surface area contributed by atoms with Gasteiger partial charge in [-0.1, -0.05) is 103 Å². The molecule has 3 aromatic rings. The van der Waals surface area contributed by atoms with Crippen LogP contribution in [0.1, 0.15) is 28.2 Å². The molecule has 2 aliphatic rings. The molecule has 32 heavy (non-hydrogen) atoms. The van der Waals surface area contributed by atoms with E-state index >= 15 is 0 Å². The van der Waals surface area contributed by atoms with Crippen LogP contribution in [0.5, 0.6) is 0 Å². The molecule has 0 saturated carbocycles. The molecule has 154 valence electrons. The van der Waals surface area contributed by atoms with E-state index in [9.17, 15) is 0 Å². The van der Waals surface area contributed by atoms with Crippen LogP contribution in [0, 0.1) is 6.92 Å². The quantitative estimate of drug-likeness (QED) is 0.204. The molecule has 0 bridgehead atoms.